The summed E-state index contributed by atoms with van der Waals surface area (Å²) in [6.45, 7) is 10.6. The van der Waals surface area contributed by atoms with Crippen LogP contribution in [0, 0.1) is 6.92 Å². The standard InChI is InChI=1S/C14H23N5/c1-4-18(5-2)9-6-10-19-13-12(17-14(19)15)11(3)7-8-16-13/h7-8H,4-6,9-10H2,1-3H3,(H2,15,17). The number of pyridine rings is 1. The second kappa shape index (κ2) is 6.02. The highest BCUT2D eigenvalue weighted by Crippen LogP contribution is 2.18. The van der Waals surface area contributed by atoms with E-state index in [1.165, 1.54) is 0 Å². The molecule has 0 amide bonds. The maximum Gasteiger partial charge on any atom is 0.202 e. The van der Waals surface area contributed by atoms with Crippen LogP contribution in [0.3, 0.4) is 0 Å². The molecule has 0 bridgehead atoms. The first-order valence-electron chi connectivity index (χ1n) is 6.97. The summed E-state index contributed by atoms with van der Waals surface area (Å²) in [5, 5.41) is 0. The van der Waals surface area contributed by atoms with Crippen molar-refractivity contribution in [3.05, 3.63) is 17.8 Å². The lowest BCUT2D eigenvalue weighted by Crippen LogP contribution is -2.25. The molecule has 5 nitrogen and oxygen atoms in total. The monoisotopic (exact) mass is 261 g/mol. The highest BCUT2D eigenvalue weighted by Gasteiger charge is 2.10. The summed E-state index contributed by atoms with van der Waals surface area (Å²) < 4.78 is 2.02. The van der Waals surface area contributed by atoms with Gasteiger partial charge in [-0.05, 0) is 44.6 Å². The van der Waals surface area contributed by atoms with Gasteiger partial charge in [-0.1, -0.05) is 13.8 Å². The number of rotatable bonds is 6. The van der Waals surface area contributed by atoms with Crippen LogP contribution < -0.4 is 5.73 Å². The van der Waals surface area contributed by atoms with Crippen molar-refractivity contribution in [1.29, 1.82) is 0 Å². The second-order valence-corrected chi connectivity index (χ2v) is 4.80. The molecule has 5 heteroatoms. The van der Waals surface area contributed by atoms with E-state index in [9.17, 15) is 0 Å². The Bertz CT molecular complexity index is 542. The van der Waals surface area contributed by atoms with E-state index in [1.807, 2.05) is 23.8 Å². The average Bonchev–Trinajstić information content (AvgIpc) is 2.73. The highest BCUT2D eigenvalue weighted by atomic mass is 15.2. The van der Waals surface area contributed by atoms with Gasteiger partial charge in [-0.25, -0.2) is 9.97 Å². The van der Waals surface area contributed by atoms with Gasteiger partial charge in [0.15, 0.2) is 5.65 Å². The number of hydrogen-bond acceptors (Lipinski definition) is 4. The number of nitrogen functional groups attached to an aromatic ring is 1. The molecule has 0 aliphatic heterocycles. The average molecular weight is 261 g/mol. The van der Waals surface area contributed by atoms with Gasteiger partial charge in [0.2, 0.25) is 5.95 Å². The van der Waals surface area contributed by atoms with E-state index in [-0.39, 0.29) is 0 Å². The van der Waals surface area contributed by atoms with Crippen molar-refractivity contribution in [2.45, 2.75) is 33.7 Å². The maximum absolute atomic E-state index is 6.00. The number of aryl methyl sites for hydroxylation is 2. The zero-order valence-corrected chi connectivity index (χ0v) is 12.1. The van der Waals surface area contributed by atoms with Gasteiger partial charge in [0.05, 0.1) is 0 Å². The molecule has 0 saturated carbocycles. The zero-order valence-electron chi connectivity index (χ0n) is 12.1. The molecule has 0 spiro atoms. The van der Waals surface area contributed by atoms with Gasteiger partial charge in [-0.2, -0.15) is 0 Å². The lowest BCUT2D eigenvalue weighted by atomic mass is 10.3. The SMILES string of the molecule is CCN(CC)CCCn1c(N)nc2c(C)ccnc21. The van der Waals surface area contributed by atoms with E-state index in [0.29, 0.717) is 5.95 Å². The zero-order chi connectivity index (χ0) is 13.8. The Morgan fingerprint density at radius 1 is 1.32 bits per heavy atom. The third kappa shape index (κ3) is 2.87. The molecule has 0 fully saturated rings. The van der Waals surface area contributed by atoms with Crippen LogP contribution in [0.25, 0.3) is 11.2 Å². The minimum absolute atomic E-state index is 0.566. The van der Waals surface area contributed by atoms with Crippen molar-refractivity contribution >= 4 is 17.1 Å². The van der Waals surface area contributed by atoms with Crippen molar-refractivity contribution < 1.29 is 0 Å². The van der Waals surface area contributed by atoms with Crippen LogP contribution in [0.5, 0.6) is 0 Å². The number of hydrogen-bond donors (Lipinski definition) is 1. The summed E-state index contributed by atoms with van der Waals surface area (Å²) in [5.74, 6) is 0.566. The van der Waals surface area contributed by atoms with E-state index in [2.05, 4.69) is 28.7 Å². The molecule has 0 unspecified atom stereocenters. The number of anilines is 1. The number of imidazole rings is 1. The molecule has 2 N–H and O–H groups in total. The van der Waals surface area contributed by atoms with Crippen molar-refractivity contribution in [3.63, 3.8) is 0 Å². The Labute approximate surface area is 114 Å². The first-order chi connectivity index (χ1) is 9.17. The van der Waals surface area contributed by atoms with E-state index in [1.54, 1.807) is 0 Å². The molecule has 2 aromatic rings. The van der Waals surface area contributed by atoms with E-state index in [4.69, 9.17) is 5.73 Å². The van der Waals surface area contributed by atoms with Gasteiger partial charge < -0.3 is 10.6 Å². The summed E-state index contributed by atoms with van der Waals surface area (Å²) in [6, 6.07) is 1.97. The molecule has 0 aliphatic carbocycles. The third-order valence-electron chi connectivity index (χ3n) is 3.62. The molecular weight excluding hydrogens is 238 g/mol. The van der Waals surface area contributed by atoms with Gasteiger partial charge in [0.1, 0.15) is 5.52 Å². The van der Waals surface area contributed by atoms with Crippen LogP contribution in [0.2, 0.25) is 0 Å². The number of aromatic nitrogens is 3. The smallest absolute Gasteiger partial charge is 0.202 e. The summed E-state index contributed by atoms with van der Waals surface area (Å²) in [6.07, 6.45) is 2.88. The maximum atomic E-state index is 6.00. The first kappa shape index (κ1) is 13.8. The Kier molecular flexibility index (Phi) is 4.37. The van der Waals surface area contributed by atoms with E-state index < -0.39 is 0 Å². The predicted molar refractivity (Wildman–Crippen MR) is 79.1 cm³/mol. The van der Waals surface area contributed by atoms with Crippen LogP contribution in [0.4, 0.5) is 5.95 Å². The van der Waals surface area contributed by atoms with Crippen LogP contribution >= 0.6 is 0 Å². The fourth-order valence-corrected chi connectivity index (χ4v) is 2.37. The minimum Gasteiger partial charge on any atom is -0.369 e. The molecule has 0 saturated heterocycles. The van der Waals surface area contributed by atoms with Gasteiger partial charge in [0, 0.05) is 12.7 Å². The Balaban J connectivity index is 2.12. The highest BCUT2D eigenvalue weighted by molar-refractivity contribution is 5.77. The summed E-state index contributed by atoms with van der Waals surface area (Å²) in [7, 11) is 0. The van der Waals surface area contributed by atoms with Crippen LogP contribution in [-0.4, -0.2) is 39.1 Å². The second-order valence-electron chi connectivity index (χ2n) is 4.80. The van der Waals surface area contributed by atoms with Crippen LogP contribution in [-0.2, 0) is 6.54 Å². The molecule has 0 aliphatic rings. The summed E-state index contributed by atoms with van der Waals surface area (Å²) in [4.78, 5) is 11.2. The Morgan fingerprint density at radius 3 is 2.74 bits per heavy atom. The Hall–Kier alpha value is -1.62. The van der Waals surface area contributed by atoms with Crippen molar-refractivity contribution in [1.82, 2.24) is 19.4 Å². The van der Waals surface area contributed by atoms with Crippen LogP contribution in [0.1, 0.15) is 25.8 Å². The molecule has 2 aromatic heterocycles. The van der Waals surface area contributed by atoms with Gasteiger partial charge in [0.25, 0.3) is 0 Å². The largest absolute Gasteiger partial charge is 0.369 e. The van der Waals surface area contributed by atoms with Crippen molar-refractivity contribution in [2.75, 3.05) is 25.4 Å². The van der Waals surface area contributed by atoms with Crippen LogP contribution in [0.15, 0.2) is 12.3 Å². The molecule has 2 heterocycles. The van der Waals surface area contributed by atoms with E-state index >= 15 is 0 Å². The molecule has 2 rings (SSSR count). The lowest BCUT2D eigenvalue weighted by molar-refractivity contribution is 0.294. The normalized spacial score (nSPS) is 11.6. The molecule has 0 radical (unpaired) electrons. The fraction of sp³-hybridized carbons (Fsp3) is 0.571. The number of fused-ring (bicyclic) bond motifs is 1. The quantitative estimate of drug-likeness (QED) is 0.864. The summed E-state index contributed by atoms with van der Waals surface area (Å²) >= 11 is 0. The van der Waals surface area contributed by atoms with Gasteiger partial charge in [-0.3, -0.25) is 4.57 Å². The Morgan fingerprint density at radius 2 is 2.05 bits per heavy atom. The minimum atomic E-state index is 0.566. The third-order valence-corrected chi connectivity index (χ3v) is 3.62. The number of nitrogens with zero attached hydrogens (tertiary/aromatic N) is 4. The number of nitrogens with two attached hydrogens (primary N) is 1. The van der Waals surface area contributed by atoms with Gasteiger partial charge in [-0.15, -0.1) is 0 Å². The first-order valence-corrected chi connectivity index (χ1v) is 6.97. The molecule has 0 aromatic carbocycles. The topological polar surface area (TPSA) is 60.0 Å². The fourth-order valence-electron chi connectivity index (χ4n) is 2.37. The molecule has 0 atom stereocenters. The lowest BCUT2D eigenvalue weighted by Gasteiger charge is -2.17. The molecular formula is C14H23N5. The van der Waals surface area contributed by atoms with E-state index in [0.717, 1.165) is 49.3 Å². The summed E-state index contributed by atoms with van der Waals surface area (Å²) in [5.41, 5.74) is 8.95. The van der Waals surface area contributed by atoms with Crippen molar-refractivity contribution in [3.8, 4) is 0 Å². The molecule has 19 heavy (non-hydrogen) atoms. The predicted octanol–water partition coefficient (Wildman–Crippen LogP) is 2.05. The molecule has 104 valence electrons. The van der Waals surface area contributed by atoms with Gasteiger partial charge >= 0.3 is 0 Å². The van der Waals surface area contributed by atoms with Crippen molar-refractivity contribution in [2.24, 2.45) is 0 Å².